The van der Waals surface area contributed by atoms with Crippen LogP contribution in [0, 0.1) is 0 Å². The standard InChI is InChI=1S/C18H22N2O6/c1-5-8-15-19(17(22)25-6-2)13-10-9-12(16(21)24-4)11-14(13)20(15)18(23)26-7-3/h5,9-11,15H,1,6-8H2,2-4H3. The van der Waals surface area contributed by atoms with Gasteiger partial charge in [-0.1, -0.05) is 6.08 Å². The third-order valence-electron chi connectivity index (χ3n) is 3.82. The van der Waals surface area contributed by atoms with E-state index in [2.05, 4.69) is 6.58 Å². The van der Waals surface area contributed by atoms with Crippen molar-refractivity contribution in [1.29, 1.82) is 0 Å². The summed E-state index contributed by atoms with van der Waals surface area (Å²) in [5.74, 6) is -0.550. The molecule has 0 aliphatic carbocycles. The van der Waals surface area contributed by atoms with E-state index in [1.807, 2.05) is 0 Å². The first-order valence-corrected chi connectivity index (χ1v) is 8.25. The minimum Gasteiger partial charge on any atom is -0.465 e. The van der Waals surface area contributed by atoms with E-state index < -0.39 is 24.3 Å². The van der Waals surface area contributed by atoms with E-state index in [-0.39, 0.29) is 18.8 Å². The molecule has 0 bridgehead atoms. The number of anilines is 2. The number of benzene rings is 1. The molecule has 0 spiro atoms. The molecular formula is C18H22N2O6. The molecule has 140 valence electrons. The van der Waals surface area contributed by atoms with Crippen molar-refractivity contribution in [2.75, 3.05) is 30.1 Å². The summed E-state index contributed by atoms with van der Waals surface area (Å²) < 4.78 is 15.0. The first kappa shape index (κ1) is 19.3. The summed E-state index contributed by atoms with van der Waals surface area (Å²) in [5.41, 5.74) is 1.06. The third kappa shape index (κ3) is 3.49. The second kappa shape index (κ2) is 8.37. The molecule has 1 unspecified atom stereocenters. The molecule has 1 heterocycles. The summed E-state index contributed by atoms with van der Waals surface area (Å²) in [4.78, 5) is 39.6. The van der Waals surface area contributed by atoms with Gasteiger partial charge in [0.1, 0.15) is 6.17 Å². The molecule has 1 aliphatic rings. The molecule has 26 heavy (non-hydrogen) atoms. The highest BCUT2D eigenvalue weighted by Crippen LogP contribution is 2.42. The summed E-state index contributed by atoms with van der Waals surface area (Å²) in [6.45, 7) is 7.43. The summed E-state index contributed by atoms with van der Waals surface area (Å²) in [7, 11) is 1.27. The van der Waals surface area contributed by atoms with Gasteiger partial charge < -0.3 is 14.2 Å². The van der Waals surface area contributed by atoms with E-state index >= 15 is 0 Å². The van der Waals surface area contributed by atoms with Gasteiger partial charge in [-0.15, -0.1) is 6.58 Å². The monoisotopic (exact) mass is 362 g/mol. The number of methoxy groups -OCH3 is 1. The number of carbonyl (C=O) groups excluding carboxylic acids is 3. The van der Waals surface area contributed by atoms with Gasteiger partial charge in [0.25, 0.3) is 0 Å². The van der Waals surface area contributed by atoms with E-state index in [4.69, 9.17) is 14.2 Å². The Morgan fingerprint density at radius 1 is 1.08 bits per heavy atom. The average Bonchev–Trinajstić information content (AvgIpc) is 2.94. The topological polar surface area (TPSA) is 85.4 Å². The second-order valence-electron chi connectivity index (χ2n) is 5.34. The van der Waals surface area contributed by atoms with Crippen molar-refractivity contribution in [1.82, 2.24) is 0 Å². The number of carbonyl (C=O) groups is 3. The van der Waals surface area contributed by atoms with Gasteiger partial charge in [-0.05, 0) is 32.0 Å². The molecule has 0 radical (unpaired) electrons. The third-order valence-corrected chi connectivity index (χ3v) is 3.82. The molecule has 0 saturated heterocycles. The zero-order valence-electron chi connectivity index (χ0n) is 15.1. The SMILES string of the molecule is C=CCC1N(C(=O)OCC)c2ccc(C(=O)OC)cc2N1C(=O)OCC. The predicted octanol–water partition coefficient (Wildman–Crippen LogP) is 3.31. The van der Waals surface area contributed by atoms with Crippen LogP contribution >= 0.6 is 0 Å². The maximum Gasteiger partial charge on any atom is 0.416 e. The second-order valence-corrected chi connectivity index (χ2v) is 5.34. The lowest BCUT2D eigenvalue weighted by atomic mass is 10.1. The van der Waals surface area contributed by atoms with Gasteiger partial charge in [0.2, 0.25) is 0 Å². The zero-order chi connectivity index (χ0) is 19.3. The van der Waals surface area contributed by atoms with Gasteiger partial charge in [-0.25, -0.2) is 14.4 Å². The summed E-state index contributed by atoms with van der Waals surface area (Å²) in [5, 5.41) is 0. The van der Waals surface area contributed by atoms with E-state index in [1.54, 1.807) is 26.0 Å². The van der Waals surface area contributed by atoms with Gasteiger partial charge in [0.15, 0.2) is 0 Å². The highest BCUT2D eigenvalue weighted by Gasteiger charge is 2.44. The Hall–Kier alpha value is -3.03. The molecule has 0 fully saturated rings. The maximum absolute atomic E-state index is 12.5. The minimum atomic E-state index is -0.700. The Morgan fingerprint density at radius 2 is 1.65 bits per heavy atom. The van der Waals surface area contributed by atoms with Gasteiger partial charge >= 0.3 is 18.2 Å². The molecular weight excluding hydrogens is 340 g/mol. The smallest absolute Gasteiger partial charge is 0.416 e. The fourth-order valence-electron chi connectivity index (χ4n) is 2.79. The Morgan fingerprint density at radius 3 is 2.15 bits per heavy atom. The van der Waals surface area contributed by atoms with E-state index in [0.717, 1.165) is 0 Å². The van der Waals surface area contributed by atoms with Crippen molar-refractivity contribution in [2.24, 2.45) is 0 Å². The Bertz CT molecular complexity index is 718. The van der Waals surface area contributed by atoms with Gasteiger partial charge in [0.05, 0.1) is 37.3 Å². The number of rotatable bonds is 5. The number of nitrogens with zero attached hydrogens (tertiary/aromatic N) is 2. The molecule has 1 atom stereocenters. The fourth-order valence-corrected chi connectivity index (χ4v) is 2.79. The summed E-state index contributed by atoms with van der Waals surface area (Å²) >= 11 is 0. The Kier molecular flexibility index (Phi) is 6.21. The van der Waals surface area contributed by atoms with Crippen LogP contribution in [0.1, 0.15) is 30.6 Å². The number of hydrogen-bond acceptors (Lipinski definition) is 6. The molecule has 2 rings (SSSR count). The highest BCUT2D eigenvalue weighted by molar-refractivity contribution is 6.06. The molecule has 8 nitrogen and oxygen atoms in total. The van der Waals surface area contributed by atoms with Crippen LogP contribution in [0.3, 0.4) is 0 Å². The largest absolute Gasteiger partial charge is 0.465 e. The van der Waals surface area contributed by atoms with Crippen molar-refractivity contribution >= 4 is 29.5 Å². The van der Waals surface area contributed by atoms with E-state index in [1.165, 1.54) is 29.0 Å². The van der Waals surface area contributed by atoms with Crippen molar-refractivity contribution < 1.29 is 28.6 Å². The lowest BCUT2D eigenvalue weighted by molar-refractivity contribution is 0.0600. The molecule has 1 aliphatic heterocycles. The van der Waals surface area contributed by atoms with E-state index in [0.29, 0.717) is 17.8 Å². The lowest BCUT2D eigenvalue weighted by Crippen LogP contribution is -2.49. The first-order valence-electron chi connectivity index (χ1n) is 8.25. The number of amides is 2. The molecule has 0 aromatic heterocycles. The van der Waals surface area contributed by atoms with Crippen LogP contribution in [0.5, 0.6) is 0 Å². The number of hydrogen-bond donors (Lipinski definition) is 0. The van der Waals surface area contributed by atoms with Gasteiger partial charge in [-0.2, -0.15) is 0 Å². The average molecular weight is 362 g/mol. The predicted molar refractivity (Wildman–Crippen MR) is 95.4 cm³/mol. The van der Waals surface area contributed by atoms with Crippen LogP contribution < -0.4 is 9.80 Å². The van der Waals surface area contributed by atoms with Crippen molar-refractivity contribution in [3.8, 4) is 0 Å². The molecule has 0 N–H and O–H groups in total. The van der Waals surface area contributed by atoms with Crippen LogP contribution in [0.2, 0.25) is 0 Å². The van der Waals surface area contributed by atoms with Crippen LogP contribution in [0.15, 0.2) is 30.9 Å². The van der Waals surface area contributed by atoms with Crippen LogP contribution in [-0.2, 0) is 14.2 Å². The fraction of sp³-hybridized carbons (Fsp3) is 0.389. The van der Waals surface area contributed by atoms with Crippen molar-refractivity contribution in [2.45, 2.75) is 26.4 Å². The normalized spacial score (nSPS) is 15.3. The first-order chi connectivity index (χ1) is 12.5. The van der Waals surface area contributed by atoms with Crippen molar-refractivity contribution in [3.63, 3.8) is 0 Å². The number of fused-ring (bicyclic) bond motifs is 1. The highest BCUT2D eigenvalue weighted by atomic mass is 16.6. The summed E-state index contributed by atoms with van der Waals surface area (Å²) in [6.07, 6.45) is -0.0445. The minimum absolute atomic E-state index is 0.168. The molecule has 8 heteroatoms. The molecule has 1 aromatic carbocycles. The van der Waals surface area contributed by atoms with Crippen LogP contribution in [0.25, 0.3) is 0 Å². The Labute approximate surface area is 151 Å². The zero-order valence-corrected chi connectivity index (χ0v) is 15.1. The number of esters is 1. The van der Waals surface area contributed by atoms with Gasteiger partial charge in [0, 0.05) is 6.42 Å². The summed E-state index contributed by atoms with van der Waals surface area (Å²) in [6, 6.07) is 4.59. The van der Waals surface area contributed by atoms with E-state index in [9.17, 15) is 14.4 Å². The number of ether oxygens (including phenoxy) is 3. The van der Waals surface area contributed by atoms with Crippen LogP contribution in [-0.4, -0.2) is 44.6 Å². The molecule has 2 amide bonds. The molecule has 1 aromatic rings. The van der Waals surface area contributed by atoms with Crippen LogP contribution in [0.4, 0.5) is 21.0 Å². The van der Waals surface area contributed by atoms with Crippen molar-refractivity contribution in [3.05, 3.63) is 36.4 Å². The maximum atomic E-state index is 12.5. The van der Waals surface area contributed by atoms with Gasteiger partial charge in [-0.3, -0.25) is 9.80 Å². The lowest BCUT2D eigenvalue weighted by Gasteiger charge is -2.28. The molecule has 0 saturated carbocycles. The quantitative estimate of drug-likeness (QED) is 0.454. The Balaban J connectivity index is 2.59.